The van der Waals surface area contributed by atoms with Crippen LogP contribution in [0.2, 0.25) is 19.0 Å². The van der Waals surface area contributed by atoms with Crippen molar-refractivity contribution in [3.8, 4) is 0 Å². The van der Waals surface area contributed by atoms with Gasteiger partial charge in [0, 0.05) is 0 Å². The first-order valence-corrected chi connectivity index (χ1v) is 16.5. The Morgan fingerprint density at radius 3 is 0.625 bits per heavy atom. The molecule has 16 heavy (non-hydrogen) atoms. The second kappa shape index (κ2) is 10.6. The monoisotopic (exact) mass is 390 g/mol. The van der Waals surface area contributed by atoms with Gasteiger partial charge in [0.25, 0.3) is 0 Å². The summed E-state index contributed by atoms with van der Waals surface area (Å²) in [6, 6.07) is 0. The van der Waals surface area contributed by atoms with Crippen LogP contribution in [0.25, 0.3) is 0 Å². The standard InChI is InChI=1S/2C6H14ClGe/c2*1-5(2)8(7)6(3)4/h2*5-6H,1-4H3. The van der Waals surface area contributed by atoms with Crippen molar-refractivity contribution in [1.82, 2.24) is 0 Å². The summed E-state index contributed by atoms with van der Waals surface area (Å²) in [4.78, 5) is 0. The Hall–Kier alpha value is 1.67. The van der Waals surface area contributed by atoms with Crippen LogP contribution in [0.1, 0.15) is 55.4 Å². The van der Waals surface area contributed by atoms with Gasteiger partial charge in [-0.1, -0.05) is 0 Å². The van der Waals surface area contributed by atoms with Crippen LogP contribution in [0.15, 0.2) is 0 Å². The van der Waals surface area contributed by atoms with E-state index in [4.69, 9.17) is 20.0 Å². The van der Waals surface area contributed by atoms with Crippen molar-refractivity contribution in [3.63, 3.8) is 0 Å². The summed E-state index contributed by atoms with van der Waals surface area (Å²) in [6.45, 7) is 17.8. The Morgan fingerprint density at radius 1 is 0.500 bits per heavy atom. The molecule has 98 valence electrons. The van der Waals surface area contributed by atoms with E-state index in [2.05, 4.69) is 55.4 Å². The van der Waals surface area contributed by atoms with Gasteiger partial charge >= 0.3 is 121 Å². The summed E-state index contributed by atoms with van der Waals surface area (Å²) in [7, 11) is 12.2. The number of hydrogen-bond acceptors (Lipinski definition) is 0. The second-order valence-electron chi connectivity index (χ2n) is 5.39. The zero-order chi connectivity index (χ0) is 13.5. The molecule has 0 amide bonds. The van der Waals surface area contributed by atoms with Gasteiger partial charge in [0.1, 0.15) is 0 Å². The molecular weight excluding hydrogens is 360 g/mol. The quantitative estimate of drug-likeness (QED) is 0.513. The number of rotatable bonds is 4. The molecule has 0 aromatic heterocycles. The summed E-state index contributed by atoms with van der Waals surface area (Å²) in [6.07, 6.45) is 0. The average Bonchev–Trinajstić information content (AvgIpc) is 2.15. The van der Waals surface area contributed by atoms with Gasteiger partial charge in [0.15, 0.2) is 0 Å². The first-order chi connectivity index (χ1) is 7.11. The van der Waals surface area contributed by atoms with Crippen LogP contribution >= 0.6 is 20.0 Å². The first kappa shape index (κ1) is 20.0. The predicted molar refractivity (Wildman–Crippen MR) is 83.6 cm³/mol. The molecule has 0 unspecified atom stereocenters. The SMILES string of the molecule is C[CH](C)[Ge]([Cl])[CH](C)C.C[CH](C)[Ge]([Cl])[CH](C)C. The summed E-state index contributed by atoms with van der Waals surface area (Å²) < 4.78 is 3.10. The molecule has 0 aromatic carbocycles. The molecule has 2 radical (unpaired) electrons. The minimum absolute atomic E-state index is 0.775. The van der Waals surface area contributed by atoms with E-state index in [-0.39, 0.29) is 0 Å². The van der Waals surface area contributed by atoms with Gasteiger partial charge in [-0.15, -0.1) is 0 Å². The maximum absolute atomic E-state index is 6.12. The molecule has 0 aliphatic heterocycles. The molecule has 0 spiro atoms. The van der Waals surface area contributed by atoms with E-state index in [0.29, 0.717) is 0 Å². The fourth-order valence-corrected chi connectivity index (χ4v) is 6.93. The molecule has 0 nitrogen and oxygen atoms in total. The van der Waals surface area contributed by atoms with E-state index >= 15 is 0 Å². The molecule has 0 rings (SSSR count). The molecule has 0 atom stereocenters. The molecule has 0 fully saturated rings. The van der Waals surface area contributed by atoms with Gasteiger partial charge in [-0.3, -0.25) is 0 Å². The third kappa shape index (κ3) is 10.8. The molecule has 0 heterocycles. The first-order valence-electron chi connectivity index (χ1n) is 6.15. The van der Waals surface area contributed by atoms with Crippen molar-refractivity contribution >= 4 is 46.9 Å². The van der Waals surface area contributed by atoms with Crippen LogP contribution < -0.4 is 0 Å². The zero-order valence-corrected chi connectivity index (χ0v) is 17.8. The van der Waals surface area contributed by atoms with Crippen LogP contribution in [0.3, 0.4) is 0 Å². The van der Waals surface area contributed by atoms with E-state index in [0.717, 1.165) is 19.0 Å². The molecule has 0 aromatic rings. The third-order valence-corrected chi connectivity index (χ3v) is 20.5. The summed E-state index contributed by atoms with van der Waals surface area (Å²) in [5.41, 5.74) is 0. The molecule has 0 N–H and O–H groups in total. The Morgan fingerprint density at radius 2 is 0.625 bits per heavy atom. The summed E-state index contributed by atoms with van der Waals surface area (Å²) >= 11 is -2.24. The fraction of sp³-hybridized carbons (Fsp3) is 1.00. The van der Waals surface area contributed by atoms with Crippen molar-refractivity contribution < 1.29 is 0 Å². The van der Waals surface area contributed by atoms with E-state index in [1.54, 1.807) is 0 Å². The van der Waals surface area contributed by atoms with Crippen LogP contribution in [0.5, 0.6) is 0 Å². The molecule has 0 aliphatic rings. The maximum atomic E-state index is 6.12. The van der Waals surface area contributed by atoms with Crippen molar-refractivity contribution in [2.45, 2.75) is 74.4 Å². The van der Waals surface area contributed by atoms with Crippen molar-refractivity contribution in [1.29, 1.82) is 0 Å². The molecule has 4 heteroatoms. The Labute approximate surface area is 120 Å². The fourth-order valence-electron chi connectivity index (χ4n) is 1.33. The van der Waals surface area contributed by atoms with Gasteiger partial charge in [0.2, 0.25) is 0 Å². The topological polar surface area (TPSA) is 0 Å². The molecule has 0 bridgehead atoms. The summed E-state index contributed by atoms with van der Waals surface area (Å²) in [5, 5.41) is 0. The van der Waals surface area contributed by atoms with Gasteiger partial charge in [-0.2, -0.15) is 0 Å². The summed E-state index contributed by atoms with van der Waals surface area (Å²) in [5.74, 6) is 0. The zero-order valence-electron chi connectivity index (χ0n) is 12.1. The molecule has 0 saturated heterocycles. The van der Waals surface area contributed by atoms with Crippen molar-refractivity contribution in [2.75, 3.05) is 0 Å². The van der Waals surface area contributed by atoms with Crippen LogP contribution in [-0.2, 0) is 0 Å². The second-order valence-corrected chi connectivity index (χ2v) is 22.8. The Bertz CT molecular complexity index is 125. The Balaban J connectivity index is 0. The minimum atomic E-state index is -1.12. The molecule has 0 aliphatic carbocycles. The van der Waals surface area contributed by atoms with Gasteiger partial charge in [-0.05, 0) is 0 Å². The van der Waals surface area contributed by atoms with Gasteiger partial charge in [-0.25, -0.2) is 0 Å². The van der Waals surface area contributed by atoms with E-state index < -0.39 is 26.8 Å². The van der Waals surface area contributed by atoms with Crippen molar-refractivity contribution in [3.05, 3.63) is 0 Å². The molecular formula is C12H28Cl2Ge2. The van der Waals surface area contributed by atoms with E-state index in [9.17, 15) is 0 Å². The number of hydrogen-bond donors (Lipinski definition) is 0. The number of halogens is 2. The van der Waals surface area contributed by atoms with E-state index in [1.807, 2.05) is 0 Å². The van der Waals surface area contributed by atoms with Crippen molar-refractivity contribution in [2.24, 2.45) is 0 Å². The predicted octanol–water partition coefficient (Wildman–Crippen LogP) is 6.07. The van der Waals surface area contributed by atoms with Crippen LogP contribution in [0.4, 0.5) is 0 Å². The average molecular weight is 388 g/mol. The van der Waals surface area contributed by atoms with Gasteiger partial charge in [0.05, 0.1) is 0 Å². The third-order valence-electron chi connectivity index (χ3n) is 2.21. The normalized spacial score (nSPS) is 12.0. The Kier molecular flexibility index (Phi) is 13.2. The van der Waals surface area contributed by atoms with E-state index in [1.165, 1.54) is 0 Å². The molecule has 0 saturated carbocycles. The van der Waals surface area contributed by atoms with Crippen LogP contribution in [0, 0.1) is 0 Å². The van der Waals surface area contributed by atoms with Crippen LogP contribution in [-0.4, -0.2) is 26.8 Å². The van der Waals surface area contributed by atoms with Gasteiger partial charge < -0.3 is 0 Å².